The summed E-state index contributed by atoms with van der Waals surface area (Å²) in [4.78, 5) is 27.9. The molecular weight excluding hydrogens is 562 g/mol. The zero-order chi connectivity index (χ0) is 31.4. The minimum Gasteiger partial charge on any atom is -0.379 e. The Morgan fingerprint density at radius 2 is 1.87 bits per heavy atom. The molecule has 1 amide bonds. The highest BCUT2D eigenvalue weighted by Gasteiger charge is 2.68. The van der Waals surface area contributed by atoms with Gasteiger partial charge in [0.1, 0.15) is 11.5 Å². The molecule has 0 bridgehead atoms. The van der Waals surface area contributed by atoms with E-state index in [1.54, 1.807) is 5.57 Å². The molecule has 252 valence electrons. The second kappa shape index (κ2) is 12.6. The van der Waals surface area contributed by atoms with Gasteiger partial charge >= 0.3 is 0 Å². The molecule has 7 rings (SSSR count). The van der Waals surface area contributed by atoms with Crippen molar-refractivity contribution >= 4 is 11.7 Å². The average molecular weight is 624 g/mol. The van der Waals surface area contributed by atoms with Gasteiger partial charge in [-0.05, 0) is 118 Å². The molecule has 0 radical (unpaired) electrons. The molecule has 11 atom stereocenters. The van der Waals surface area contributed by atoms with Crippen LogP contribution in [-0.2, 0) is 19.1 Å². The van der Waals surface area contributed by atoms with Crippen LogP contribution in [0.25, 0.3) is 0 Å². The lowest BCUT2D eigenvalue weighted by molar-refractivity contribution is -0.128. The van der Waals surface area contributed by atoms with Crippen molar-refractivity contribution in [2.24, 2.45) is 46.3 Å². The number of hydrogen-bond donors (Lipinski definition) is 2. The molecule has 3 saturated heterocycles. The van der Waals surface area contributed by atoms with E-state index in [2.05, 4.69) is 49.3 Å². The number of allylic oxidation sites excluding steroid dienone is 1. The van der Waals surface area contributed by atoms with Gasteiger partial charge in [0.2, 0.25) is 5.91 Å². The van der Waals surface area contributed by atoms with Crippen LogP contribution in [0, 0.1) is 46.3 Å². The van der Waals surface area contributed by atoms with Crippen LogP contribution in [0.15, 0.2) is 11.6 Å². The molecule has 0 aromatic carbocycles. The Morgan fingerprint density at radius 1 is 1.04 bits per heavy atom. The van der Waals surface area contributed by atoms with Crippen molar-refractivity contribution in [3.8, 4) is 0 Å². The number of nitrogens with zero attached hydrogens (tertiary/aromatic N) is 1. The molecule has 3 heterocycles. The van der Waals surface area contributed by atoms with Crippen LogP contribution in [0.1, 0.15) is 111 Å². The minimum atomic E-state index is -0.0885. The zero-order valence-corrected chi connectivity index (χ0v) is 28.7. The Hall–Kier alpha value is -1.28. The fourth-order valence-corrected chi connectivity index (χ4v) is 12.0. The van der Waals surface area contributed by atoms with Crippen molar-refractivity contribution in [2.75, 3.05) is 39.4 Å². The quantitative estimate of drug-likeness (QED) is 0.200. The maximum Gasteiger partial charge on any atom is 0.227 e. The first-order chi connectivity index (χ1) is 21.6. The molecule has 6 fully saturated rings. The molecule has 7 heteroatoms. The molecule has 3 aliphatic heterocycles. The Kier molecular flexibility index (Phi) is 9.06. The van der Waals surface area contributed by atoms with Crippen LogP contribution in [0.5, 0.6) is 0 Å². The predicted octanol–water partition coefficient (Wildman–Crippen LogP) is 5.87. The number of hydrogen-bond acceptors (Lipinski definition) is 6. The van der Waals surface area contributed by atoms with Gasteiger partial charge < -0.3 is 14.8 Å². The van der Waals surface area contributed by atoms with E-state index in [4.69, 9.17) is 9.47 Å². The number of amides is 1. The third-order valence-electron chi connectivity index (χ3n) is 14.6. The summed E-state index contributed by atoms with van der Waals surface area (Å²) in [6.07, 6.45) is 16.1. The van der Waals surface area contributed by atoms with Crippen LogP contribution >= 0.6 is 0 Å². The molecule has 0 aromatic rings. The van der Waals surface area contributed by atoms with Gasteiger partial charge in [0.25, 0.3) is 0 Å². The maximum atomic E-state index is 12.9. The number of fused-ring (bicyclic) bond motifs is 7. The summed E-state index contributed by atoms with van der Waals surface area (Å²) in [6.45, 7) is 15.8. The number of Topliss-reactive ketones (excluding diaryl/α,β-unsaturated/α-hetero) is 1. The third-order valence-corrected chi connectivity index (χ3v) is 14.6. The molecular formula is C38H61N3O4. The molecule has 7 aliphatic rings. The Morgan fingerprint density at radius 3 is 2.64 bits per heavy atom. The standard InChI is InChI=1S/C38H61N3O4/c1-25-10-15-38(39-24-25)26(2)35-33(45-38)23-32-30-9-8-27-21-28(11-13-36(27,3)31(30)12-14-37(32,35)4)40-34(43)22-29(42)7-5-6-16-41-17-19-44-20-18-41/h8,25-26,28,30-33,35,39H,5-7,9-24H2,1-4H3,(H,40,43)/t25-,26+,28+,30-,31+,32+,33+,35+,36+,37+,38-/m1/s1. The first-order valence-electron chi connectivity index (χ1n) is 18.8. The zero-order valence-electron chi connectivity index (χ0n) is 28.7. The monoisotopic (exact) mass is 623 g/mol. The second-order valence-corrected chi connectivity index (χ2v) is 17.1. The van der Waals surface area contributed by atoms with Gasteiger partial charge in [-0.25, -0.2) is 0 Å². The molecule has 45 heavy (non-hydrogen) atoms. The summed E-state index contributed by atoms with van der Waals surface area (Å²) in [7, 11) is 0. The van der Waals surface area contributed by atoms with Gasteiger partial charge in [-0.2, -0.15) is 0 Å². The van der Waals surface area contributed by atoms with E-state index in [0.717, 1.165) is 95.2 Å². The summed E-state index contributed by atoms with van der Waals surface area (Å²) < 4.78 is 12.5. The van der Waals surface area contributed by atoms with E-state index in [1.165, 1.54) is 38.5 Å². The summed E-state index contributed by atoms with van der Waals surface area (Å²) in [5.74, 6) is 4.25. The first kappa shape index (κ1) is 32.3. The molecule has 1 spiro atoms. The van der Waals surface area contributed by atoms with Crippen molar-refractivity contribution in [1.29, 1.82) is 0 Å². The molecule has 3 saturated carbocycles. The molecule has 7 nitrogen and oxygen atoms in total. The van der Waals surface area contributed by atoms with E-state index < -0.39 is 0 Å². The van der Waals surface area contributed by atoms with Crippen molar-refractivity contribution in [3.05, 3.63) is 11.6 Å². The number of rotatable bonds is 8. The van der Waals surface area contributed by atoms with E-state index in [1.807, 2.05) is 0 Å². The van der Waals surface area contributed by atoms with E-state index in [-0.39, 0.29) is 35.3 Å². The van der Waals surface area contributed by atoms with Gasteiger partial charge in [0, 0.05) is 38.0 Å². The number of unbranched alkanes of at least 4 members (excludes halogenated alkanes) is 1. The van der Waals surface area contributed by atoms with Crippen LogP contribution < -0.4 is 10.6 Å². The van der Waals surface area contributed by atoms with Crippen molar-refractivity contribution < 1.29 is 19.1 Å². The van der Waals surface area contributed by atoms with Crippen molar-refractivity contribution in [1.82, 2.24) is 15.5 Å². The summed E-state index contributed by atoms with van der Waals surface area (Å²) in [5, 5.41) is 7.17. The predicted molar refractivity (Wildman–Crippen MR) is 176 cm³/mol. The van der Waals surface area contributed by atoms with Gasteiger partial charge in [0.05, 0.1) is 25.7 Å². The third kappa shape index (κ3) is 5.88. The van der Waals surface area contributed by atoms with Gasteiger partial charge in [-0.15, -0.1) is 0 Å². The number of piperidine rings is 1. The fourth-order valence-electron chi connectivity index (χ4n) is 12.0. The second-order valence-electron chi connectivity index (χ2n) is 17.1. The lowest BCUT2D eigenvalue weighted by Crippen LogP contribution is -2.57. The smallest absolute Gasteiger partial charge is 0.227 e. The maximum absolute atomic E-state index is 12.9. The normalized spacial score (nSPS) is 46.1. The largest absolute Gasteiger partial charge is 0.379 e. The van der Waals surface area contributed by atoms with E-state index >= 15 is 0 Å². The lowest BCUT2D eigenvalue weighted by Gasteiger charge is -2.58. The molecule has 2 N–H and O–H groups in total. The van der Waals surface area contributed by atoms with Crippen LogP contribution in [-0.4, -0.2) is 73.9 Å². The first-order valence-corrected chi connectivity index (χ1v) is 18.8. The fraction of sp³-hybridized carbons (Fsp3) is 0.895. The van der Waals surface area contributed by atoms with Crippen LogP contribution in [0.4, 0.5) is 0 Å². The van der Waals surface area contributed by atoms with Gasteiger partial charge in [-0.1, -0.05) is 39.3 Å². The Bertz CT molecular complexity index is 1140. The highest BCUT2D eigenvalue weighted by Crippen LogP contribution is 2.70. The molecule has 4 aliphatic carbocycles. The number of ketones is 1. The topological polar surface area (TPSA) is 79.9 Å². The van der Waals surface area contributed by atoms with Crippen molar-refractivity contribution in [3.63, 3.8) is 0 Å². The minimum absolute atomic E-state index is 0.0357. The average Bonchev–Trinajstić information content (AvgIpc) is 3.47. The highest BCUT2D eigenvalue weighted by atomic mass is 16.5. The molecule has 0 unspecified atom stereocenters. The molecule has 0 aromatic heterocycles. The number of morpholine rings is 1. The van der Waals surface area contributed by atoms with E-state index in [0.29, 0.717) is 29.8 Å². The number of ether oxygens (including phenoxy) is 2. The SMILES string of the molecule is C[C@@H]1CC[C@@]2(NC1)O[C@H]1C[C@H]3[C@@H]4CC=C5C[C@@H](NC(=O)CC(=O)CCCCN6CCOCC6)CC[C@]5(C)[C@H]4CC[C@]3(C)[C@H]1[C@@H]2C. The van der Waals surface area contributed by atoms with E-state index in [9.17, 15) is 9.59 Å². The van der Waals surface area contributed by atoms with Gasteiger partial charge in [0.15, 0.2) is 0 Å². The van der Waals surface area contributed by atoms with Crippen molar-refractivity contribution in [2.45, 2.75) is 129 Å². The Labute approximate surface area is 272 Å². The summed E-state index contributed by atoms with van der Waals surface area (Å²) >= 11 is 0. The lowest BCUT2D eigenvalue weighted by atomic mass is 9.46. The number of carbonyl (C=O) groups excluding carboxylic acids is 2. The Balaban J connectivity index is 0.919. The summed E-state index contributed by atoms with van der Waals surface area (Å²) in [6, 6.07) is 0.165. The van der Waals surface area contributed by atoms with Crippen LogP contribution in [0.3, 0.4) is 0 Å². The summed E-state index contributed by atoms with van der Waals surface area (Å²) in [5.41, 5.74) is 2.12. The number of carbonyl (C=O) groups is 2. The van der Waals surface area contributed by atoms with Crippen LogP contribution in [0.2, 0.25) is 0 Å². The number of nitrogens with one attached hydrogen (secondary N) is 2. The van der Waals surface area contributed by atoms with Gasteiger partial charge in [-0.3, -0.25) is 19.8 Å². The highest BCUT2D eigenvalue weighted by molar-refractivity contribution is 5.98.